The van der Waals surface area contributed by atoms with Gasteiger partial charge in [-0.2, -0.15) is 0 Å². The molecule has 1 heterocycles. The molecule has 20 heavy (non-hydrogen) atoms. The summed E-state index contributed by atoms with van der Waals surface area (Å²) in [5, 5.41) is 3.88. The van der Waals surface area contributed by atoms with Gasteiger partial charge in [0.25, 0.3) is 5.91 Å². The number of benzene rings is 1. The van der Waals surface area contributed by atoms with Crippen LogP contribution in [0.3, 0.4) is 0 Å². The average molecular weight is 297 g/mol. The average Bonchev–Trinajstić information content (AvgIpc) is 2.46. The van der Waals surface area contributed by atoms with Crippen molar-refractivity contribution in [3.8, 4) is 0 Å². The molecule has 1 saturated heterocycles. The van der Waals surface area contributed by atoms with Crippen molar-refractivity contribution in [3.05, 3.63) is 28.8 Å². The summed E-state index contributed by atoms with van der Waals surface area (Å²) in [7, 11) is 3.45. The summed E-state index contributed by atoms with van der Waals surface area (Å²) in [6, 6.07) is 5.50. The van der Waals surface area contributed by atoms with E-state index in [0.29, 0.717) is 16.5 Å². The van der Waals surface area contributed by atoms with Gasteiger partial charge in [-0.25, -0.2) is 0 Å². The maximum Gasteiger partial charge on any atom is 0.254 e. The summed E-state index contributed by atoms with van der Waals surface area (Å²) in [5.74, 6) is 0.553. The van der Waals surface area contributed by atoms with Gasteiger partial charge < -0.3 is 15.0 Å². The number of rotatable bonds is 4. The Morgan fingerprint density at radius 1 is 1.40 bits per heavy atom. The Bertz CT molecular complexity index is 471. The third-order valence-electron chi connectivity index (χ3n) is 3.54. The lowest BCUT2D eigenvalue weighted by molar-refractivity contribution is 0.0699. The van der Waals surface area contributed by atoms with Gasteiger partial charge in [0.1, 0.15) is 0 Å². The molecule has 4 nitrogen and oxygen atoms in total. The van der Waals surface area contributed by atoms with E-state index in [0.717, 1.165) is 38.3 Å². The van der Waals surface area contributed by atoms with Crippen LogP contribution in [0.4, 0.5) is 5.69 Å². The molecule has 0 bridgehead atoms. The van der Waals surface area contributed by atoms with Crippen molar-refractivity contribution in [2.75, 3.05) is 39.2 Å². The summed E-state index contributed by atoms with van der Waals surface area (Å²) in [6.45, 7) is 2.59. The second-order valence-electron chi connectivity index (χ2n) is 5.33. The predicted molar refractivity (Wildman–Crippen MR) is 81.5 cm³/mol. The van der Waals surface area contributed by atoms with Crippen LogP contribution in [0.5, 0.6) is 0 Å². The highest BCUT2D eigenvalue weighted by Gasteiger charge is 2.15. The first-order valence-corrected chi connectivity index (χ1v) is 7.28. The van der Waals surface area contributed by atoms with Gasteiger partial charge in [-0.1, -0.05) is 11.6 Å². The van der Waals surface area contributed by atoms with Crippen molar-refractivity contribution >= 4 is 23.2 Å². The number of anilines is 1. The largest absolute Gasteiger partial charge is 0.385 e. The van der Waals surface area contributed by atoms with Crippen LogP contribution in [0.2, 0.25) is 5.02 Å². The third kappa shape index (κ3) is 3.87. The van der Waals surface area contributed by atoms with E-state index in [4.69, 9.17) is 16.3 Å². The molecule has 0 aromatic heterocycles. The van der Waals surface area contributed by atoms with Crippen molar-refractivity contribution in [1.29, 1.82) is 0 Å². The highest BCUT2D eigenvalue weighted by atomic mass is 35.5. The molecule has 2 rings (SSSR count). The Kier molecular flexibility index (Phi) is 5.26. The fraction of sp³-hybridized carbons (Fsp3) is 0.533. The van der Waals surface area contributed by atoms with Gasteiger partial charge in [0.15, 0.2) is 0 Å². The molecule has 0 aliphatic carbocycles. The molecule has 5 heteroatoms. The lowest BCUT2D eigenvalue weighted by atomic mass is 10.0. The Hall–Kier alpha value is -1.26. The minimum Gasteiger partial charge on any atom is -0.385 e. The molecule has 110 valence electrons. The molecule has 1 aromatic rings. The fourth-order valence-corrected chi connectivity index (χ4v) is 2.45. The van der Waals surface area contributed by atoms with Gasteiger partial charge in [0.05, 0.1) is 10.6 Å². The van der Waals surface area contributed by atoms with Crippen LogP contribution in [0.1, 0.15) is 23.2 Å². The zero-order valence-corrected chi connectivity index (χ0v) is 12.7. The van der Waals surface area contributed by atoms with Crippen molar-refractivity contribution in [2.45, 2.75) is 12.8 Å². The number of amides is 1. The number of carbonyl (C=O) groups excluding carboxylic acids is 1. The second kappa shape index (κ2) is 6.95. The first-order chi connectivity index (χ1) is 9.58. The first kappa shape index (κ1) is 15.1. The molecule has 0 saturated carbocycles. The molecule has 1 aromatic carbocycles. The quantitative estimate of drug-likeness (QED) is 0.929. The zero-order chi connectivity index (χ0) is 14.5. The first-order valence-electron chi connectivity index (χ1n) is 6.90. The van der Waals surface area contributed by atoms with E-state index >= 15 is 0 Å². The Labute approximate surface area is 125 Å². The Morgan fingerprint density at radius 2 is 2.10 bits per heavy atom. The second-order valence-corrected chi connectivity index (χ2v) is 5.74. The number of ether oxygens (including phenoxy) is 1. The summed E-state index contributed by atoms with van der Waals surface area (Å²) >= 11 is 6.09. The van der Waals surface area contributed by atoms with E-state index < -0.39 is 0 Å². The van der Waals surface area contributed by atoms with Gasteiger partial charge in [-0.3, -0.25) is 4.79 Å². The van der Waals surface area contributed by atoms with E-state index in [1.807, 2.05) is 12.1 Å². The number of halogens is 1. The molecule has 1 fully saturated rings. The standard InChI is InChI=1S/C15H21ClN2O2/c1-18(2)15(19)13-9-12(3-4-14(13)16)17-10-11-5-7-20-8-6-11/h3-4,9,11,17H,5-8,10H2,1-2H3. The van der Waals surface area contributed by atoms with E-state index in [2.05, 4.69) is 5.32 Å². The number of hydrogen-bond donors (Lipinski definition) is 1. The zero-order valence-electron chi connectivity index (χ0n) is 12.0. The van der Waals surface area contributed by atoms with Crippen LogP contribution in [0.15, 0.2) is 18.2 Å². The third-order valence-corrected chi connectivity index (χ3v) is 3.87. The number of carbonyl (C=O) groups is 1. The van der Waals surface area contributed by atoms with Gasteiger partial charge in [-0.15, -0.1) is 0 Å². The predicted octanol–water partition coefficient (Wildman–Crippen LogP) is 2.88. The molecule has 0 unspecified atom stereocenters. The van der Waals surface area contributed by atoms with Crippen LogP contribution in [0.25, 0.3) is 0 Å². The molecule has 1 aliphatic rings. The number of hydrogen-bond acceptors (Lipinski definition) is 3. The van der Waals surface area contributed by atoms with Crippen molar-refractivity contribution in [3.63, 3.8) is 0 Å². The maximum absolute atomic E-state index is 12.0. The molecule has 0 radical (unpaired) electrons. The molecule has 1 N–H and O–H groups in total. The molecule has 0 spiro atoms. The van der Waals surface area contributed by atoms with Gasteiger partial charge in [0.2, 0.25) is 0 Å². The molecule has 1 amide bonds. The fourth-order valence-electron chi connectivity index (χ4n) is 2.25. The SMILES string of the molecule is CN(C)C(=O)c1cc(NCC2CCOCC2)ccc1Cl. The molecular formula is C15H21ClN2O2. The lowest BCUT2D eigenvalue weighted by Gasteiger charge is -2.23. The number of nitrogens with one attached hydrogen (secondary N) is 1. The number of nitrogens with zero attached hydrogens (tertiary/aromatic N) is 1. The van der Waals surface area contributed by atoms with Crippen LogP contribution in [0, 0.1) is 5.92 Å². The minimum atomic E-state index is -0.0790. The summed E-state index contributed by atoms with van der Waals surface area (Å²) < 4.78 is 5.35. The molecular weight excluding hydrogens is 276 g/mol. The summed E-state index contributed by atoms with van der Waals surface area (Å²) in [5.41, 5.74) is 1.47. The van der Waals surface area contributed by atoms with Crippen LogP contribution in [-0.2, 0) is 4.74 Å². The van der Waals surface area contributed by atoms with Gasteiger partial charge >= 0.3 is 0 Å². The van der Waals surface area contributed by atoms with Crippen molar-refractivity contribution in [1.82, 2.24) is 4.90 Å². The van der Waals surface area contributed by atoms with Crippen LogP contribution in [-0.4, -0.2) is 44.7 Å². The minimum absolute atomic E-state index is 0.0790. The highest BCUT2D eigenvalue weighted by Crippen LogP contribution is 2.23. The summed E-state index contributed by atoms with van der Waals surface area (Å²) in [4.78, 5) is 13.6. The smallest absolute Gasteiger partial charge is 0.254 e. The summed E-state index contributed by atoms with van der Waals surface area (Å²) in [6.07, 6.45) is 2.17. The topological polar surface area (TPSA) is 41.6 Å². The van der Waals surface area contributed by atoms with Gasteiger partial charge in [0, 0.05) is 39.5 Å². The van der Waals surface area contributed by atoms with E-state index in [-0.39, 0.29) is 5.91 Å². The van der Waals surface area contributed by atoms with Gasteiger partial charge in [-0.05, 0) is 37.0 Å². The Morgan fingerprint density at radius 3 is 2.75 bits per heavy atom. The monoisotopic (exact) mass is 296 g/mol. The van der Waals surface area contributed by atoms with Crippen LogP contribution < -0.4 is 5.32 Å². The highest BCUT2D eigenvalue weighted by molar-refractivity contribution is 6.34. The van der Waals surface area contributed by atoms with Crippen molar-refractivity contribution in [2.24, 2.45) is 5.92 Å². The lowest BCUT2D eigenvalue weighted by Crippen LogP contribution is -2.23. The van der Waals surface area contributed by atoms with E-state index in [1.165, 1.54) is 4.90 Å². The molecule has 1 aliphatic heterocycles. The normalized spacial score (nSPS) is 15.9. The van der Waals surface area contributed by atoms with E-state index in [9.17, 15) is 4.79 Å². The van der Waals surface area contributed by atoms with Crippen molar-refractivity contribution < 1.29 is 9.53 Å². The molecule has 0 atom stereocenters. The maximum atomic E-state index is 12.0. The van der Waals surface area contributed by atoms with E-state index in [1.54, 1.807) is 20.2 Å². The van der Waals surface area contributed by atoms with Crippen LogP contribution >= 0.6 is 11.6 Å². The Balaban J connectivity index is 2.01.